The van der Waals surface area contributed by atoms with Gasteiger partial charge in [-0.15, -0.1) is 0 Å². The molecule has 1 nitrogen and oxygen atoms in total. The van der Waals surface area contributed by atoms with Crippen LogP contribution in [0.5, 0.6) is 0 Å². The summed E-state index contributed by atoms with van der Waals surface area (Å²) in [5.41, 5.74) is 0. The minimum absolute atomic E-state index is 0.722. The molecule has 2 aliphatic carbocycles. The average molecular weight is 124 g/mol. The Labute approximate surface area is 55.4 Å². The average Bonchev–Trinajstić information content (AvgIpc) is 2.38. The van der Waals surface area contributed by atoms with Gasteiger partial charge < -0.3 is 4.74 Å². The fraction of sp³-hybridized carbons (Fsp3) is 1.00. The molecule has 0 radical (unpaired) electrons. The molecule has 1 saturated heterocycles. The second kappa shape index (κ2) is 1.34. The third-order valence-electron chi connectivity index (χ3n) is 3.30. The molecular weight excluding hydrogens is 112 g/mol. The van der Waals surface area contributed by atoms with Gasteiger partial charge in [-0.25, -0.2) is 0 Å². The Morgan fingerprint density at radius 2 is 2.22 bits per heavy atom. The van der Waals surface area contributed by atoms with E-state index in [4.69, 9.17) is 4.74 Å². The maximum Gasteiger partial charge on any atom is 0.0872 e. The van der Waals surface area contributed by atoms with Gasteiger partial charge in [0.2, 0.25) is 0 Å². The minimum Gasteiger partial charge on any atom is -0.369 e. The van der Waals surface area contributed by atoms with Crippen molar-refractivity contribution in [1.82, 2.24) is 0 Å². The van der Waals surface area contributed by atoms with Crippen molar-refractivity contribution < 1.29 is 4.74 Å². The van der Waals surface area contributed by atoms with E-state index in [-0.39, 0.29) is 0 Å². The van der Waals surface area contributed by atoms with Gasteiger partial charge in [-0.05, 0) is 31.1 Å². The molecule has 0 unspecified atom stereocenters. The van der Waals surface area contributed by atoms with Crippen LogP contribution in [0.15, 0.2) is 0 Å². The molecule has 0 spiro atoms. The standard InChI is InChI=1S/C8H12O/c1-2-5-4-7-8(9-7)6(5)3-1/h5-8H,1-4H2/t5-,6+,7+,8-/m1/s1. The Hall–Kier alpha value is -0.0400. The number of hydrogen-bond donors (Lipinski definition) is 0. The van der Waals surface area contributed by atoms with Crippen LogP contribution in [-0.2, 0) is 4.74 Å². The summed E-state index contributed by atoms with van der Waals surface area (Å²) in [5, 5.41) is 0. The first-order chi connectivity index (χ1) is 4.45. The minimum atomic E-state index is 0.722. The summed E-state index contributed by atoms with van der Waals surface area (Å²) in [5.74, 6) is 2.07. The zero-order chi connectivity index (χ0) is 5.84. The van der Waals surface area contributed by atoms with E-state index in [1.807, 2.05) is 0 Å². The molecule has 1 heterocycles. The molecule has 0 aromatic rings. The van der Waals surface area contributed by atoms with E-state index in [0.29, 0.717) is 0 Å². The quantitative estimate of drug-likeness (QED) is 0.446. The monoisotopic (exact) mass is 124 g/mol. The fourth-order valence-corrected chi connectivity index (χ4v) is 2.81. The Bertz CT molecular complexity index is 144. The molecule has 2 saturated carbocycles. The van der Waals surface area contributed by atoms with Gasteiger partial charge in [-0.1, -0.05) is 6.42 Å². The van der Waals surface area contributed by atoms with Crippen LogP contribution in [0.3, 0.4) is 0 Å². The molecule has 50 valence electrons. The van der Waals surface area contributed by atoms with Gasteiger partial charge >= 0.3 is 0 Å². The molecule has 3 rings (SSSR count). The van der Waals surface area contributed by atoms with Gasteiger partial charge in [0.05, 0.1) is 12.2 Å². The van der Waals surface area contributed by atoms with Crippen molar-refractivity contribution in [3.8, 4) is 0 Å². The van der Waals surface area contributed by atoms with Crippen molar-refractivity contribution in [3.63, 3.8) is 0 Å². The van der Waals surface area contributed by atoms with E-state index in [2.05, 4.69) is 0 Å². The number of fused-ring (bicyclic) bond motifs is 3. The van der Waals surface area contributed by atoms with Crippen molar-refractivity contribution in [1.29, 1.82) is 0 Å². The third kappa shape index (κ3) is 0.493. The normalized spacial score (nSPS) is 61.3. The molecule has 3 aliphatic rings. The summed E-state index contributed by atoms with van der Waals surface area (Å²) in [6.45, 7) is 0. The van der Waals surface area contributed by atoms with Crippen LogP contribution >= 0.6 is 0 Å². The predicted octanol–water partition coefficient (Wildman–Crippen LogP) is 1.57. The third-order valence-corrected chi connectivity index (χ3v) is 3.30. The second-order valence-corrected chi connectivity index (χ2v) is 3.73. The van der Waals surface area contributed by atoms with E-state index in [1.165, 1.54) is 25.7 Å². The van der Waals surface area contributed by atoms with E-state index >= 15 is 0 Å². The summed E-state index contributed by atoms with van der Waals surface area (Å²) in [7, 11) is 0. The first-order valence-electron chi connectivity index (χ1n) is 4.10. The molecule has 1 heteroatoms. The number of hydrogen-bond acceptors (Lipinski definition) is 1. The largest absolute Gasteiger partial charge is 0.369 e. The lowest BCUT2D eigenvalue weighted by atomic mass is 10.00. The highest BCUT2D eigenvalue weighted by Crippen LogP contribution is 2.53. The highest BCUT2D eigenvalue weighted by atomic mass is 16.6. The van der Waals surface area contributed by atoms with Crippen molar-refractivity contribution in [2.75, 3.05) is 0 Å². The lowest BCUT2D eigenvalue weighted by molar-refractivity contribution is 0.225. The maximum absolute atomic E-state index is 5.47. The van der Waals surface area contributed by atoms with Crippen LogP contribution in [-0.4, -0.2) is 12.2 Å². The summed E-state index contributed by atoms with van der Waals surface area (Å²) in [6.07, 6.45) is 7.29. The van der Waals surface area contributed by atoms with Crippen LogP contribution in [0.1, 0.15) is 25.7 Å². The highest BCUT2D eigenvalue weighted by molar-refractivity contribution is 5.04. The van der Waals surface area contributed by atoms with Crippen LogP contribution < -0.4 is 0 Å². The Kier molecular flexibility index (Phi) is 0.704. The van der Waals surface area contributed by atoms with E-state index < -0.39 is 0 Å². The first-order valence-corrected chi connectivity index (χ1v) is 4.10. The smallest absolute Gasteiger partial charge is 0.0872 e. The van der Waals surface area contributed by atoms with Crippen molar-refractivity contribution >= 4 is 0 Å². The van der Waals surface area contributed by atoms with E-state index in [1.54, 1.807) is 0 Å². The predicted molar refractivity (Wildman–Crippen MR) is 34.1 cm³/mol. The van der Waals surface area contributed by atoms with Gasteiger partial charge in [0.1, 0.15) is 0 Å². The summed E-state index contributed by atoms with van der Waals surface area (Å²) >= 11 is 0. The summed E-state index contributed by atoms with van der Waals surface area (Å²) in [6, 6.07) is 0. The Morgan fingerprint density at radius 3 is 3.11 bits per heavy atom. The van der Waals surface area contributed by atoms with E-state index in [9.17, 15) is 0 Å². The Morgan fingerprint density at radius 1 is 1.22 bits per heavy atom. The number of ether oxygens (including phenoxy) is 1. The molecule has 1 aliphatic heterocycles. The molecule has 0 aromatic heterocycles. The van der Waals surface area contributed by atoms with Gasteiger partial charge in [0.15, 0.2) is 0 Å². The molecule has 0 bridgehead atoms. The van der Waals surface area contributed by atoms with E-state index in [0.717, 1.165) is 24.0 Å². The molecule has 0 N–H and O–H groups in total. The summed E-state index contributed by atoms with van der Waals surface area (Å²) < 4.78 is 5.47. The SMILES string of the molecule is C1C[C@@H]2C[C@@H]3O[C@@H]3[C@H]2C1. The van der Waals surface area contributed by atoms with Crippen LogP contribution in [0, 0.1) is 11.8 Å². The molecule has 9 heavy (non-hydrogen) atoms. The summed E-state index contributed by atoms with van der Waals surface area (Å²) in [4.78, 5) is 0. The zero-order valence-electron chi connectivity index (χ0n) is 5.55. The zero-order valence-corrected chi connectivity index (χ0v) is 5.55. The highest BCUT2D eigenvalue weighted by Gasteiger charge is 2.56. The van der Waals surface area contributed by atoms with Crippen LogP contribution in [0.2, 0.25) is 0 Å². The molecular formula is C8H12O. The number of epoxide rings is 1. The topological polar surface area (TPSA) is 12.5 Å². The lowest BCUT2D eigenvalue weighted by Gasteiger charge is -2.09. The first kappa shape index (κ1) is 4.73. The second-order valence-electron chi connectivity index (χ2n) is 3.73. The molecule has 4 atom stereocenters. The van der Waals surface area contributed by atoms with Gasteiger partial charge in [0.25, 0.3) is 0 Å². The van der Waals surface area contributed by atoms with Crippen LogP contribution in [0.4, 0.5) is 0 Å². The maximum atomic E-state index is 5.47. The molecule has 0 aromatic carbocycles. The van der Waals surface area contributed by atoms with Gasteiger partial charge in [-0.3, -0.25) is 0 Å². The van der Waals surface area contributed by atoms with Gasteiger partial charge in [-0.2, -0.15) is 0 Å². The van der Waals surface area contributed by atoms with Crippen LogP contribution in [0.25, 0.3) is 0 Å². The van der Waals surface area contributed by atoms with Crippen molar-refractivity contribution in [2.24, 2.45) is 11.8 Å². The fourth-order valence-electron chi connectivity index (χ4n) is 2.81. The van der Waals surface area contributed by atoms with Crippen molar-refractivity contribution in [2.45, 2.75) is 37.9 Å². The van der Waals surface area contributed by atoms with Crippen molar-refractivity contribution in [3.05, 3.63) is 0 Å². The lowest BCUT2D eigenvalue weighted by Crippen LogP contribution is -2.06. The Balaban J connectivity index is 1.88. The molecule has 3 fully saturated rings. The molecule has 0 amide bonds. The number of rotatable bonds is 0. The van der Waals surface area contributed by atoms with Gasteiger partial charge in [0, 0.05) is 0 Å².